The molecular weight excluding hydrogens is 445 g/mol. The number of thioether (sulfide) groups is 1. The number of nitrogens with zero attached hydrogens (tertiary/aromatic N) is 1. The number of amides is 2. The van der Waals surface area contributed by atoms with E-state index in [1.807, 2.05) is 67.6 Å². The van der Waals surface area contributed by atoms with Crippen LogP contribution >= 0.6 is 34.4 Å². The van der Waals surface area contributed by atoms with Crippen LogP contribution in [0.15, 0.2) is 71.2 Å². The number of carbonyl (C=O) groups excluding carboxylic acids is 2. The molecule has 0 atom stereocenters. The van der Waals surface area contributed by atoms with Crippen molar-refractivity contribution in [2.45, 2.75) is 13.5 Å². The van der Waals surface area contributed by atoms with Crippen molar-refractivity contribution in [1.82, 2.24) is 4.90 Å². The van der Waals surface area contributed by atoms with E-state index < -0.39 is 0 Å². The number of allylic oxidation sites excluding steroid dienone is 2. The van der Waals surface area contributed by atoms with Gasteiger partial charge in [-0.1, -0.05) is 48.5 Å². The number of imide groups is 1. The minimum atomic E-state index is -0.227. The fourth-order valence-corrected chi connectivity index (χ4v) is 3.72. The van der Waals surface area contributed by atoms with Crippen molar-refractivity contribution in [2.75, 3.05) is 0 Å². The minimum absolute atomic E-state index is 0.220. The summed E-state index contributed by atoms with van der Waals surface area (Å²) in [4.78, 5) is 26.5. The molecule has 2 aromatic carbocycles. The highest BCUT2D eigenvalue weighted by molar-refractivity contribution is 14.1. The summed E-state index contributed by atoms with van der Waals surface area (Å²) in [6, 6.07) is 17.7. The molecule has 0 unspecified atom stereocenters. The van der Waals surface area contributed by atoms with E-state index in [0.29, 0.717) is 11.4 Å². The van der Waals surface area contributed by atoms with E-state index in [9.17, 15) is 9.59 Å². The molecule has 3 nitrogen and oxygen atoms in total. The van der Waals surface area contributed by atoms with Crippen LogP contribution in [-0.2, 0) is 11.3 Å². The third-order valence-corrected chi connectivity index (χ3v) is 5.31. The molecule has 126 valence electrons. The summed E-state index contributed by atoms with van der Waals surface area (Å²) in [5.74, 6) is -0.227. The van der Waals surface area contributed by atoms with E-state index in [0.717, 1.165) is 32.0 Å². The van der Waals surface area contributed by atoms with Gasteiger partial charge in [-0.3, -0.25) is 14.5 Å². The Morgan fingerprint density at radius 2 is 1.76 bits per heavy atom. The Morgan fingerprint density at radius 3 is 2.44 bits per heavy atom. The molecule has 25 heavy (non-hydrogen) atoms. The Morgan fingerprint density at radius 1 is 1.08 bits per heavy atom. The van der Waals surface area contributed by atoms with Gasteiger partial charge in [-0.25, -0.2) is 0 Å². The van der Waals surface area contributed by atoms with E-state index >= 15 is 0 Å². The van der Waals surface area contributed by atoms with Crippen LogP contribution < -0.4 is 0 Å². The molecule has 0 N–H and O–H groups in total. The van der Waals surface area contributed by atoms with Gasteiger partial charge in [0.05, 0.1) is 11.4 Å². The zero-order valence-electron chi connectivity index (χ0n) is 13.6. The van der Waals surface area contributed by atoms with Crippen LogP contribution in [0.2, 0.25) is 0 Å². The first-order chi connectivity index (χ1) is 12.0. The van der Waals surface area contributed by atoms with Gasteiger partial charge in [0.25, 0.3) is 11.1 Å². The van der Waals surface area contributed by atoms with Gasteiger partial charge in [0.15, 0.2) is 0 Å². The van der Waals surface area contributed by atoms with Gasteiger partial charge in [-0.05, 0) is 76.2 Å². The predicted molar refractivity (Wildman–Crippen MR) is 111 cm³/mol. The van der Waals surface area contributed by atoms with Crippen molar-refractivity contribution in [3.05, 3.63) is 85.8 Å². The van der Waals surface area contributed by atoms with Crippen LogP contribution in [0.3, 0.4) is 0 Å². The first kappa shape index (κ1) is 17.9. The molecule has 2 aromatic rings. The molecule has 0 aromatic heterocycles. The Hall–Kier alpha value is -1.86. The van der Waals surface area contributed by atoms with Crippen molar-refractivity contribution in [2.24, 2.45) is 0 Å². The molecule has 0 radical (unpaired) electrons. The lowest BCUT2D eigenvalue weighted by Gasteiger charge is -2.12. The van der Waals surface area contributed by atoms with Gasteiger partial charge in [0.2, 0.25) is 0 Å². The topological polar surface area (TPSA) is 37.4 Å². The largest absolute Gasteiger partial charge is 0.293 e. The lowest BCUT2D eigenvalue weighted by Crippen LogP contribution is -2.27. The van der Waals surface area contributed by atoms with E-state index in [2.05, 4.69) is 22.6 Å². The van der Waals surface area contributed by atoms with Gasteiger partial charge in [-0.15, -0.1) is 0 Å². The molecule has 0 saturated carbocycles. The average molecular weight is 461 g/mol. The predicted octanol–water partition coefficient (Wildman–Crippen LogP) is 5.47. The second-order valence-electron chi connectivity index (χ2n) is 5.69. The zero-order valence-corrected chi connectivity index (χ0v) is 16.6. The minimum Gasteiger partial charge on any atom is -0.268 e. The van der Waals surface area contributed by atoms with Crippen molar-refractivity contribution >= 4 is 51.6 Å². The second-order valence-corrected chi connectivity index (χ2v) is 7.93. The van der Waals surface area contributed by atoms with Crippen molar-refractivity contribution in [3.63, 3.8) is 0 Å². The first-order valence-electron chi connectivity index (χ1n) is 7.76. The number of halogens is 1. The Labute approximate surface area is 164 Å². The number of hydrogen-bond acceptors (Lipinski definition) is 3. The summed E-state index contributed by atoms with van der Waals surface area (Å²) in [5.41, 5.74) is 2.95. The van der Waals surface area contributed by atoms with E-state index in [-0.39, 0.29) is 11.1 Å². The summed E-state index contributed by atoms with van der Waals surface area (Å²) < 4.78 is 1.12. The fourth-order valence-electron chi connectivity index (χ4n) is 2.47. The molecule has 1 aliphatic rings. The highest BCUT2D eigenvalue weighted by Crippen LogP contribution is 2.32. The van der Waals surface area contributed by atoms with Gasteiger partial charge < -0.3 is 0 Å². The van der Waals surface area contributed by atoms with Crippen LogP contribution in [0.1, 0.15) is 18.1 Å². The molecule has 1 aliphatic heterocycles. The molecule has 0 aliphatic carbocycles. The zero-order chi connectivity index (χ0) is 17.8. The quantitative estimate of drug-likeness (QED) is 0.448. The van der Waals surface area contributed by atoms with Crippen molar-refractivity contribution in [1.29, 1.82) is 0 Å². The van der Waals surface area contributed by atoms with Gasteiger partial charge >= 0.3 is 0 Å². The van der Waals surface area contributed by atoms with Crippen LogP contribution in [0, 0.1) is 3.57 Å². The monoisotopic (exact) mass is 461 g/mol. The van der Waals surface area contributed by atoms with Crippen molar-refractivity contribution < 1.29 is 9.59 Å². The third-order valence-electron chi connectivity index (χ3n) is 3.68. The number of hydrogen-bond donors (Lipinski definition) is 0. The summed E-state index contributed by atoms with van der Waals surface area (Å²) in [7, 11) is 0. The van der Waals surface area contributed by atoms with E-state index in [1.165, 1.54) is 4.90 Å². The van der Waals surface area contributed by atoms with Crippen molar-refractivity contribution in [3.8, 4) is 0 Å². The smallest absolute Gasteiger partial charge is 0.268 e. The normalized spacial score (nSPS) is 16.8. The Bertz CT molecular complexity index is 857. The van der Waals surface area contributed by atoms with Crippen LogP contribution in [0.5, 0.6) is 0 Å². The third kappa shape index (κ3) is 4.61. The molecule has 0 spiro atoms. The maximum Gasteiger partial charge on any atom is 0.293 e. The summed E-state index contributed by atoms with van der Waals surface area (Å²) in [5, 5.41) is -0.220. The second kappa shape index (κ2) is 8.01. The molecular formula is C20H16INO2S. The standard InChI is InChI=1S/C20H16INO2S/c1-14(11-15-5-3-2-4-6-15)12-18-19(23)22(20(24)25-18)13-16-7-9-17(21)10-8-16/h2-12H,13H2,1H3/b14-11+,18-12+. The van der Waals surface area contributed by atoms with Gasteiger partial charge in [0.1, 0.15) is 0 Å². The molecule has 3 rings (SSSR count). The molecule has 1 fully saturated rings. The summed E-state index contributed by atoms with van der Waals surface area (Å²) >= 11 is 3.23. The summed E-state index contributed by atoms with van der Waals surface area (Å²) in [6.07, 6.45) is 3.78. The number of carbonyl (C=O) groups is 2. The average Bonchev–Trinajstić information content (AvgIpc) is 2.85. The van der Waals surface area contributed by atoms with E-state index in [1.54, 1.807) is 6.08 Å². The SMILES string of the molecule is CC(=C\c1ccccc1)/C=C1/SC(=O)N(Cc2ccc(I)cc2)C1=O. The molecule has 0 bridgehead atoms. The lowest BCUT2D eigenvalue weighted by molar-refractivity contribution is -0.123. The fraction of sp³-hybridized carbons (Fsp3) is 0.100. The van der Waals surface area contributed by atoms with Crippen LogP contribution in [-0.4, -0.2) is 16.0 Å². The Balaban J connectivity index is 1.76. The van der Waals surface area contributed by atoms with Gasteiger partial charge in [-0.2, -0.15) is 0 Å². The van der Waals surface area contributed by atoms with Gasteiger partial charge in [0, 0.05) is 3.57 Å². The van der Waals surface area contributed by atoms with Crippen LogP contribution in [0.4, 0.5) is 4.79 Å². The first-order valence-corrected chi connectivity index (χ1v) is 9.65. The Kier molecular flexibility index (Phi) is 5.75. The molecule has 1 saturated heterocycles. The maximum absolute atomic E-state index is 12.6. The highest BCUT2D eigenvalue weighted by Gasteiger charge is 2.34. The van der Waals surface area contributed by atoms with Crippen LogP contribution in [0.25, 0.3) is 6.08 Å². The van der Waals surface area contributed by atoms with E-state index in [4.69, 9.17) is 0 Å². The lowest BCUT2D eigenvalue weighted by atomic mass is 10.1. The molecule has 2 amide bonds. The summed E-state index contributed by atoms with van der Waals surface area (Å²) in [6.45, 7) is 2.24. The molecule has 5 heteroatoms. The molecule has 1 heterocycles. The number of benzene rings is 2. The highest BCUT2D eigenvalue weighted by atomic mass is 127. The maximum atomic E-state index is 12.6. The number of rotatable bonds is 4.